The van der Waals surface area contributed by atoms with Crippen molar-refractivity contribution in [2.75, 3.05) is 7.11 Å². The minimum absolute atomic E-state index is 0.503. The smallest absolute Gasteiger partial charge is 0.137 e. The van der Waals surface area contributed by atoms with Gasteiger partial charge in [0, 0.05) is 12.1 Å². The molecule has 0 aliphatic carbocycles. The molecular weight excluding hydrogens is 230 g/mol. The predicted octanol–water partition coefficient (Wildman–Crippen LogP) is 2.53. The summed E-state index contributed by atoms with van der Waals surface area (Å²) in [6, 6.07) is 2.07. The lowest BCUT2D eigenvalue weighted by atomic mass is 10.1. The van der Waals surface area contributed by atoms with Gasteiger partial charge >= 0.3 is 0 Å². The monoisotopic (exact) mass is 243 g/mol. The predicted molar refractivity (Wildman–Crippen MR) is 58.1 cm³/mol. The summed E-state index contributed by atoms with van der Waals surface area (Å²) in [4.78, 5) is 0. The molecule has 1 rings (SSSR count). The molecule has 0 atom stereocenters. The van der Waals surface area contributed by atoms with Crippen LogP contribution in [0.1, 0.15) is 16.7 Å². The Bertz CT molecular complexity index is 323. The van der Waals surface area contributed by atoms with Gasteiger partial charge in [0.2, 0.25) is 0 Å². The molecule has 2 nitrogen and oxygen atoms in total. The summed E-state index contributed by atoms with van der Waals surface area (Å²) in [6.45, 7) is 4.63. The lowest BCUT2D eigenvalue weighted by molar-refractivity contribution is 0.406. The zero-order chi connectivity index (χ0) is 10.0. The first-order valence-electron chi connectivity index (χ1n) is 4.14. The van der Waals surface area contributed by atoms with Gasteiger partial charge in [0.1, 0.15) is 5.75 Å². The van der Waals surface area contributed by atoms with E-state index < -0.39 is 0 Å². The quantitative estimate of drug-likeness (QED) is 0.867. The highest BCUT2D eigenvalue weighted by Gasteiger charge is 2.10. The molecule has 72 valence electrons. The molecule has 0 spiro atoms. The molecule has 1 aromatic rings. The fourth-order valence-corrected chi connectivity index (χ4v) is 2.02. The molecule has 0 saturated carbocycles. The third-order valence-corrected chi connectivity index (χ3v) is 3.18. The van der Waals surface area contributed by atoms with Crippen LogP contribution in [-0.4, -0.2) is 7.11 Å². The number of hydrogen-bond acceptors (Lipinski definition) is 2. The van der Waals surface area contributed by atoms with Gasteiger partial charge in [0.05, 0.1) is 11.6 Å². The van der Waals surface area contributed by atoms with Crippen LogP contribution in [0.3, 0.4) is 0 Å². The van der Waals surface area contributed by atoms with E-state index in [1.165, 1.54) is 11.1 Å². The van der Waals surface area contributed by atoms with Crippen molar-refractivity contribution in [3.05, 3.63) is 27.2 Å². The molecule has 0 radical (unpaired) electrons. The van der Waals surface area contributed by atoms with Crippen LogP contribution in [0.2, 0.25) is 0 Å². The maximum Gasteiger partial charge on any atom is 0.137 e. The topological polar surface area (TPSA) is 35.2 Å². The number of ether oxygens (including phenoxy) is 1. The molecule has 0 aliphatic heterocycles. The highest BCUT2D eigenvalue weighted by Crippen LogP contribution is 2.33. The van der Waals surface area contributed by atoms with Crippen LogP contribution in [0.25, 0.3) is 0 Å². The Morgan fingerprint density at radius 1 is 1.46 bits per heavy atom. The number of methoxy groups -OCH3 is 1. The van der Waals surface area contributed by atoms with Crippen LogP contribution >= 0.6 is 15.9 Å². The lowest BCUT2D eigenvalue weighted by Crippen LogP contribution is -2.02. The SMILES string of the molecule is COc1c(CN)cc(C)c(C)c1Br. The third-order valence-electron chi connectivity index (χ3n) is 2.23. The van der Waals surface area contributed by atoms with E-state index in [-0.39, 0.29) is 0 Å². The first-order chi connectivity index (χ1) is 6.11. The molecule has 1 aromatic carbocycles. The second-order valence-corrected chi connectivity index (χ2v) is 3.82. The number of benzene rings is 1. The van der Waals surface area contributed by atoms with E-state index in [1.807, 2.05) is 0 Å². The van der Waals surface area contributed by atoms with Crippen LogP contribution in [0.5, 0.6) is 5.75 Å². The van der Waals surface area contributed by atoms with E-state index in [1.54, 1.807) is 7.11 Å². The van der Waals surface area contributed by atoms with E-state index in [0.29, 0.717) is 6.54 Å². The number of nitrogens with two attached hydrogens (primary N) is 1. The van der Waals surface area contributed by atoms with Gasteiger partial charge in [-0.05, 0) is 40.9 Å². The fraction of sp³-hybridized carbons (Fsp3) is 0.400. The molecule has 0 heterocycles. The van der Waals surface area contributed by atoms with Crippen molar-refractivity contribution >= 4 is 15.9 Å². The van der Waals surface area contributed by atoms with E-state index in [4.69, 9.17) is 10.5 Å². The molecule has 13 heavy (non-hydrogen) atoms. The van der Waals surface area contributed by atoms with E-state index >= 15 is 0 Å². The average Bonchev–Trinajstić information content (AvgIpc) is 2.13. The zero-order valence-corrected chi connectivity index (χ0v) is 9.73. The van der Waals surface area contributed by atoms with Gasteiger partial charge in [0.25, 0.3) is 0 Å². The van der Waals surface area contributed by atoms with Crippen molar-refractivity contribution in [1.82, 2.24) is 0 Å². The molecule has 0 fully saturated rings. The van der Waals surface area contributed by atoms with Crippen molar-refractivity contribution in [3.8, 4) is 5.75 Å². The van der Waals surface area contributed by atoms with E-state index in [0.717, 1.165) is 15.8 Å². The Labute approximate surface area is 87.2 Å². The fourth-order valence-electron chi connectivity index (χ4n) is 1.29. The highest BCUT2D eigenvalue weighted by molar-refractivity contribution is 9.10. The van der Waals surface area contributed by atoms with Gasteiger partial charge < -0.3 is 10.5 Å². The summed E-state index contributed by atoms with van der Waals surface area (Å²) in [5, 5.41) is 0. The number of rotatable bonds is 2. The first-order valence-corrected chi connectivity index (χ1v) is 4.93. The molecule has 0 aliphatic rings. The van der Waals surface area contributed by atoms with Gasteiger partial charge in [-0.25, -0.2) is 0 Å². The maximum absolute atomic E-state index is 5.61. The van der Waals surface area contributed by atoms with E-state index in [2.05, 4.69) is 35.8 Å². The van der Waals surface area contributed by atoms with Gasteiger partial charge in [-0.1, -0.05) is 6.07 Å². The number of hydrogen-bond donors (Lipinski definition) is 1. The van der Waals surface area contributed by atoms with Gasteiger partial charge in [0.15, 0.2) is 0 Å². The number of halogens is 1. The van der Waals surface area contributed by atoms with Crippen LogP contribution in [0.15, 0.2) is 10.5 Å². The van der Waals surface area contributed by atoms with Gasteiger partial charge in [-0.2, -0.15) is 0 Å². The number of aryl methyl sites for hydroxylation is 1. The Balaban J connectivity index is 3.39. The summed E-state index contributed by atoms with van der Waals surface area (Å²) in [5.41, 5.74) is 9.09. The largest absolute Gasteiger partial charge is 0.495 e. The summed E-state index contributed by atoms with van der Waals surface area (Å²) in [7, 11) is 1.66. The van der Waals surface area contributed by atoms with Crippen LogP contribution in [0.4, 0.5) is 0 Å². The standard InChI is InChI=1S/C10H14BrNO/c1-6-4-8(5-12)10(13-3)9(11)7(6)2/h4H,5,12H2,1-3H3. The van der Waals surface area contributed by atoms with Crippen molar-refractivity contribution in [3.63, 3.8) is 0 Å². The second kappa shape index (κ2) is 4.11. The molecule has 3 heteroatoms. The molecule has 0 bridgehead atoms. The molecule has 0 unspecified atom stereocenters. The zero-order valence-electron chi connectivity index (χ0n) is 8.15. The Morgan fingerprint density at radius 2 is 2.08 bits per heavy atom. The van der Waals surface area contributed by atoms with Crippen molar-refractivity contribution in [1.29, 1.82) is 0 Å². The van der Waals surface area contributed by atoms with Crippen molar-refractivity contribution < 1.29 is 4.74 Å². The Kier molecular flexibility index (Phi) is 3.33. The lowest BCUT2D eigenvalue weighted by Gasteiger charge is -2.13. The normalized spacial score (nSPS) is 10.2. The highest BCUT2D eigenvalue weighted by atomic mass is 79.9. The summed E-state index contributed by atoms with van der Waals surface area (Å²) >= 11 is 3.50. The van der Waals surface area contributed by atoms with Gasteiger partial charge in [-0.15, -0.1) is 0 Å². The summed E-state index contributed by atoms with van der Waals surface area (Å²) in [6.07, 6.45) is 0. The molecule has 0 aromatic heterocycles. The van der Waals surface area contributed by atoms with Crippen molar-refractivity contribution in [2.45, 2.75) is 20.4 Å². The van der Waals surface area contributed by atoms with Crippen LogP contribution in [-0.2, 0) is 6.54 Å². The summed E-state index contributed by atoms with van der Waals surface area (Å²) < 4.78 is 6.29. The minimum atomic E-state index is 0.503. The van der Waals surface area contributed by atoms with E-state index in [9.17, 15) is 0 Å². The Morgan fingerprint density at radius 3 is 2.54 bits per heavy atom. The maximum atomic E-state index is 5.61. The molecule has 0 saturated heterocycles. The van der Waals surface area contributed by atoms with Gasteiger partial charge in [-0.3, -0.25) is 0 Å². The van der Waals surface area contributed by atoms with Crippen LogP contribution < -0.4 is 10.5 Å². The van der Waals surface area contributed by atoms with Crippen molar-refractivity contribution in [2.24, 2.45) is 5.73 Å². The van der Waals surface area contributed by atoms with Crippen LogP contribution in [0, 0.1) is 13.8 Å². The minimum Gasteiger partial charge on any atom is -0.495 e. The summed E-state index contributed by atoms with van der Waals surface area (Å²) in [5.74, 6) is 0.852. The Hall–Kier alpha value is -0.540. The third kappa shape index (κ3) is 1.86. The molecule has 2 N–H and O–H groups in total. The first kappa shape index (κ1) is 10.5. The molecular formula is C10H14BrNO. The second-order valence-electron chi connectivity index (χ2n) is 3.03. The average molecular weight is 244 g/mol. The molecule has 0 amide bonds.